The van der Waals surface area contributed by atoms with Crippen molar-refractivity contribution in [1.82, 2.24) is 0 Å². The van der Waals surface area contributed by atoms with Crippen molar-refractivity contribution in [2.45, 2.75) is 18.6 Å². The van der Waals surface area contributed by atoms with Crippen molar-refractivity contribution >= 4 is 5.97 Å². The molecule has 0 aromatic heterocycles. The van der Waals surface area contributed by atoms with E-state index < -0.39 is 12.2 Å². The highest BCUT2D eigenvalue weighted by Crippen LogP contribution is 2.36. The molecule has 1 heterocycles. The fraction of sp³-hybridized carbons (Fsp3) is 0.188. The Morgan fingerprint density at radius 3 is 2.60 bits per heavy atom. The van der Waals surface area contributed by atoms with Crippen molar-refractivity contribution in [1.29, 1.82) is 0 Å². The molecule has 0 fully saturated rings. The molecule has 1 aliphatic rings. The molecule has 102 valence electrons. The highest BCUT2D eigenvalue weighted by atomic mass is 19.1. The Morgan fingerprint density at radius 1 is 1.15 bits per heavy atom. The predicted molar refractivity (Wildman–Crippen MR) is 70.6 cm³/mol. The van der Waals surface area contributed by atoms with E-state index in [1.54, 1.807) is 12.1 Å². The van der Waals surface area contributed by atoms with Crippen LogP contribution in [0.5, 0.6) is 0 Å². The van der Waals surface area contributed by atoms with Crippen molar-refractivity contribution in [2.75, 3.05) is 0 Å². The lowest BCUT2D eigenvalue weighted by Gasteiger charge is -2.16. The van der Waals surface area contributed by atoms with E-state index in [-0.39, 0.29) is 18.2 Å². The van der Waals surface area contributed by atoms with Gasteiger partial charge in [-0.2, -0.15) is 0 Å². The van der Waals surface area contributed by atoms with E-state index in [1.165, 1.54) is 24.3 Å². The molecule has 0 aliphatic carbocycles. The average Bonchev–Trinajstić information content (AvgIpc) is 2.77. The summed E-state index contributed by atoms with van der Waals surface area (Å²) in [6.07, 6.45) is -1.01. The second-order valence-corrected chi connectivity index (χ2v) is 4.78. The second-order valence-electron chi connectivity index (χ2n) is 4.78. The first kappa shape index (κ1) is 12.8. The third-order valence-corrected chi connectivity index (χ3v) is 3.47. The van der Waals surface area contributed by atoms with Crippen LogP contribution in [0, 0.1) is 5.82 Å². The second kappa shape index (κ2) is 5.06. The smallest absolute Gasteiger partial charge is 0.339 e. The van der Waals surface area contributed by atoms with E-state index in [4.69, 9.17) is 4.74 Å². The lowest BCUT2D eigenvalue weighted by molar-refractivity contribution is 0.0234. The molecule has 0 bridgehead atoms. The van der Waals surface area contributed by atoms with Gasteiger partial charge in [-0.3, -0.25) is 0 Å². The molecule has 0 saturated carbocycles. The molecule has 0 spiro atoms. The summed E-state index contributed by atoms with van der Waals surface area (Å²) in [5, 5.41) is 10.2. The molecule has 0 unspecified atom stereocenters. The minimum absolute atomic E-state index is 0.258. The summed E-state index contributed by atoms with van der Waals surface area (Å²) in [5.41, 5.74) is 1.94. The van der Waals surface area contributed by atoms with Gasteiger partial charge in [-0.15, -0.1) is 0 Å². The molecule has 1 N–H and O–H groups in total. The Balaban J connectivity index is 1.79. The highest BCUT2D eigenvalue weighted by Gasteiger charge is 2.32. The Kier molecular flexibility index (Phi) is 3.24. The number of benzene rings is 2. The fourth-order valence-corrected chi connectivity index (χ4v) is 2.42. The summed E-state index contributed by atoms with van der Waals surface area (Å²) in [7, 11) is 0. The molecular weight excluding hydrogens is 259 g/mol. The van der Waals surface area contributed by atoms with Crippen LogP contribution in [0.15, 0.2) is 48.5 Å². The lowest BCUT2D eigenvalue weighted by Crippen LogP contribution is -2.06. The molecule has 20 heavy (non-hydrogen) atoms. The van der Waals surface area contributed by atoms with Crippen LogP contribution >= 0.6 is 0 Å². The molecular formula is C16H13FO3. The van der Waals surface area contributed by atoms with Crippen molar-refractivity contribution in [3.8, 4) is 0 Å². The van der Waals surface area contributed by atoms with E-state index in [9.17, 15) is 14.3 Å². The van der Waals surface area contributed by atoms with Crippen LogP contribution in [0.1, 0.15) is 40.1 Å². The Labute approximate surface area is 115 Å². The first-order valence-electron chi connectivity index (χ1n) is 6.38. The zero-order valence-corrected chi connectivity index (χ0v) is 10.6. The van der Waals surface area contributed by atoms with Crippen molar-refractivity contribution in [3.63, 3.8) is 0 Å². The quantitative estimate of drug-likeness (QED) is 0.873. The van der Waals surface area contributed by atoms with E-state index in [0.29, 0.717) is 11.1 Å². The highest BCUT2D eigenvalue weighted by molar-refractivity contribution is 5.93. The van der Waals surface area contributed by atoms with Gasteiger partial charge in [0.15, 0.2) is 0 Å². The molecule has 0 radical (unpaired) electrons. The van der Waals surface area contributed by atoms with E-state index in [0.717, 1.165) is 5.56 Å². The number of hydrogen-bond donors (Lipinski definition) is 1. The first-order chi connectivity index (χ1) is 9.65. The van der Waals surface area contributed by atoms with Crippen LogP contribution in [0.4, 0.5) is 4.39 Å². The number of aliphatic hydroxyl groups is 1. The zero-order valence-electron chi connectivity index (χ0n) is 10.6. The molecule has 3 rings (SSSR count). The Bertz CT molecular complexity index is 636. The largest absolute Gasteiger partial charge is 0.454 e. The fourth-order valence-electron chi connectivity index (χ4n) is 2.42. The third-order valence-electron chi connectivity index (χ3n) is 3.47. The van der Waals surface area contributed by atoms with Gasteiger partial charge in [-0.1, -0.05) is 30.3 Å². The van der Waals surface area contributed by atoms with Gasteiger partial charge in [0.2, 0.25) is 0 Å². The molecule has 3 nitrogen and oxygen atoms in total. The van der Waals surface area contributed by atoms with Crippen molar-refractivity contribution in [2.24, 2.45) is 0 Å². The van der Waals surface area contributed by atoms with E-state index in [1.807, 2.05) is 12.1 Å². The van der Waals surface area contributed by atoms with Crippen LogP contribution in [-0.4, -0.2) is 11.1 Å². The van der Waals surface area contributed by atoms with E-state index in [2.05, 4.69) is 0 Å². The van der Waals surface area contributed by atoms with Crippen LogP contribution in [0.3, 0.4) is 0 Å². The van der Waals surface area contributed by atoms with Gasteiger partial charge in [0.05, 0.1) is 11.7 Å². The Morgan fingerprint density at radius 2 is 1.85 bits per heavy atom. The lowest BCUT2D eigenvalue weighted by atomic mass is 9.97. The number of carbonyl (C=O) groups is 1. The molecule has 2 atom stereocenters. The van der Waals surface area contributed by atoms with Crippen LogP contribution in [-0.2, 0) is 4.74 Å². The van der Waals surface area contributed by atoms with Crippen molar-refractivity contribution in [3.05, 3.63) is 71.0 Å². The number of carbonyl (C=O) groups excluding carboxylic acids is 1. The summed E-state index contributed by atoms with van der Waals surface area (Å²) in [6.45, 7) is 0. The number of cyclic esters (lactones) is 1. The SMILES string of the molecule is O=C1O[C@H](C[C@H](O)c2ccc(F)cc2)c2ccccc21. The number of fused-ring (bicyclic) bond motifs is 1. The van der Waals surface area contributed by atoms with Crippen LogP contribution in [0.2, 0.25) is 0 Å². The molecule has 4 heteroatoms. The Hall–Kier alpha value is -2.20. The maximum atomic E-state index is 12.9. The van der Waals surface area contributed by atoms with Crippen LogP contribution < -0.4 is 0 Å². The van der Waals surface area contributed by atoms with E-state index >= 15 is 0 Å². The maximum absolute atomic E-state index is 12.9. The number of hydrogen-bond acceptors (Lipinski definition) is 3. The number of ether oxygens (including phenoxy) is 1. The summed E-state index contributed by atoms with van der Waals surface area (Å²) in [5.74, 6) is -0.713. The number of rotatable bonds is 3. The van der Waals surface area contributed by atoms with Gasteiger partial charge in [-0.05, 0) is 23.8 Å². The summed E-state index contributed by atoms with van der Waals surface area (Å²) < 4.78 is 18.1. The van der Waals surface area contributed by atoms with Gasteiger partial charge in [0.1, 0.15) is 11.9 Å². The summed E-state index contributed by atoms with van der Waals surface area (Å²) in [6, 6.07) is 12.8. The van der Waals surface area contributed by atoms with Gasteiger partial charge in [-0.25, -0.2) is 9.18 Å². The normalized spacial score (nSPS) is 18.5. The molecule has 0 amide bonds. The number of esters is 1. The first-order valence-corrected chi connectivity index (χ1v) is 6.38. The summed E-state index contributed by atoms with van der Waals surface area (Å²) >= 11 is 0. The van der Waals surface area contributed by atoms with Gasteiger partial charge >= 0.3 is 5.97 Å². The molecule has 1 aliphatic heterocycles. The maximum Gasteiger partial charge on any atom is 0.339 e. The molecule has 2 aromatic rings. The minimum atomic E-state index is -0.806. The molecule has 0 saturated heterocycles. The minimum Gasteiger partial charge on any atom is -0.454 e. The summed E-state index contributed by atoms with van der Waals surface area (Å²) in [4.78, 5) is 11.7. The number of halogens is 1. The van der Waals surface area contributed by atoms with Crippen molar-refractivity contribution < 1.29 is 19.0 Å². The van der Waals surface area contributed by atoms with Crippen LogP contribution in [0.25, 0.3) is 0 Å². The average molecular weight is 272 g/mol. The topological polar surface area (TPSA) is 46.5 Å². The van der Waals surface area contributed by atoms with Gasteiger partial charge in [0, 0.05) is 12.0 Å². The monoisotopic (exact) mass is 272 g/mol. The molecule has 2 aromatic carbocycles. The van der Waals surface area contributed by atoms with Gasteiger partial charge in [0.25, 0.3) is 0 Å². The number of aliphatic hydroxyl groups excluding tert-OH is 1. The predicted octanol–water partition coefficient (Wildman–Crippen LogP) is 3.16. The van der Waals surface area contributed by atoms with Gasteiger partial charge < -0.3 is 9.84 Å². The standard InChI is InChI=1S/C16H13FO3/c17-11-7-5-10(6-8-11)14(18)9-15-12-3-1-2-4-13(12)16(19)20-15/h1-8,14-15,18H,9H2/t14-,15+/m0/s1. The zero-order chi connectivity index (χ0) is 14.1. The third kappa shape index (κ3) is 2.30.